The van der Waals surface area contributed by atoms with E-state index in [0.717, 1.165) is 37.9 Å². The molecular formula is C20H28N2O2. The van der Waals surface area contributed by atoms with Gasteiger partial charge in [-0.2, -0.15) is 0 Å². The molecule has 0 bridgehead atoms. The molecule has 24 heavy (non-hydrogen) atoms. The second-order valence-electron chi connectivity index (χ2n) is 7.14. The topological polar surface area (TPSA) is 40.6 Å². The minimum atomic E-state index is 0.180. The fraction of sp³-hybridized carbons (Fsp3) is 0.600. The second kappa shape index (κ2) is 7.82. The van der Waals surface area contributed by atoms with Crippen molar-refractivity contribution in [2.75, 3.05) is 26.2 Å². The van der Waals surface area contributed by atoms with E-state index >= 15 is 0 Å². The first kappa shape index (κ1) is 17.0. The zero-order chi connectivity index (χ0) is 16.9. The molecule has 0 N–H and O–H groups in total. The van der Waals surface area contributed by atoms with E-state index in [9.17, 15) is 9.59 Å². The molecule has 4 heteroatoms. The fourth-order valence-electron chi connectivity index (χ4n) is 3.90. The van der Waals surface area contributed by atoms with Crippen LogP contribution in [0.2, 0.25) is 0 Å². The molecule has 3 rings (SSSR count). The van der Waals surface area contributed by atoms with Crippen molar-refractivity contribution >= 4 is 11.8 Å². The van der Waals surface area contributed by atoms with Gasteiger partial charge >= 0.3 is 0 Å². The third kappa shape index (κ3) is 3.97. The highest BCUT2D eigenvalue weighted by molar-refractivity contribution is 5.80. The van der Waals surface area contributed by atoms with E-state index in [1.165, 1.54) is 18.4 Å². The molecule has 1 aliphatic carbocycles. The molecule has 1 aliphatic heterocycles. The van der Waals surface area contributed by atoms with Gasteiger partial charge in [-0.25, -0.2) is 0 Å². The van der Waals surface area contributed by atoms with E-state index in [0.29, 0.717) is 25.4 Å². The average molecular weight is 328 g/mol. The van der Waals surface area contributed by atoms with Gasteiger partial charge < -0.3 is 9.80 Å². The van der Waals surface area contributed by atoms with Crippen molar-refractivity contribution in [2.45, 2.75) is 45.4 Å². The third-order valence-electron chi connectivity index (χ3n) is 5.47. The molecule has 130 valence electrons. The van der Waals surface area contributed by atoms with Crippen LogP contribution < -0.4 is 0 Å². The summed E-state index contributed by atoms with van der Waals surface area (Å²) in [5, 5.41) is 0. The highest BCUT2D eigenvalue weighted by Crippen LogP contribution is 2.27. The Labute approximate surface area is 144 Å². The molecule has 0 atom stereocenters. The van der Waals surface area contributed by atoms with Gasteiger partial charge in [0.2, 0.25) is 11.8 Å². The van der Waals surface area contributed by atoms with Crippen molar-refractivity contribution in [3.05, 3.63) is 35.4 Å². The quantitative estimate of drug-likeness (QED) is 0.856. The summed E-state index contributed by atoms with van der Waals surface area (Å²) in [7, 11) is 0. The van der Waals surface area contributed by atoms with Crippen LogP contribution in [0.5, 0.6) is 0 Å². The summed E-state index contributed by atoms with van der Waals surface area (Å²) in [6, 6.07) is 8.07. The molecule has 0 unspecified atom stereocenters. The number of hydrogen-bond acceptors (Lipinski definition) is 2. The predicted octanol–water partition coefficient (Wildman–Crippen LogP) is 2.79. The van der Waals surface area contributed by atoms with Crippen LogP contribution in [0, 0.1) is 12.8 Å². The lowest BCUT2D eigenvalue weighted by Gasteiger charge is -2.24. The van der Waals surface area contributed by atoms with E-state index in [1.807, 2.05) is 41.0 Å². The largest absolute Gasteiger partial charge is 0.341 e. The molecule has 0 spiro atoms. The maximum atomic E-state index is 12.6. The first-order chi connectivity index (χ1) is 11.6. The van der Waals surface area contributed by atoms with Crippen molar-refractivity contribution in [3.63, 3.8) is 0 Å². The summed E-state index contributed by atoms with van der Waals surface area (Å²) in [6.07, 6.45) is 5.81. The van der Waals surface area contributed by atoms with Crippen molar-refractivity contribution in [1.82, 2.24) is 9.80 Å². The monoisotopic (exact) mass is 328 g/mol. The van der Waals surface area contributed by atoms with E-state index in [4.69, 9.17) is 0 Å². The van der Waals surface area contributed by atoms with Gasteiger partial charge in [-0.1, -0.05) is 37.1 Å². The lowest BCUT2D eigenvalue weighted by molar-refractivity contribution is -0.136. The number of carbonyl (C=O) groups is 2. The average Bonchev–Trinajstić information content (AvgIpc) is 3.00. The molecule has 0 aromatic heterocycles. The fourth-order valence-corrected chi connectivity index (χ4v) is 3.90. The lowest BCUT2D eigenvalue weighted by atomic mass is 10.1. The van der Waals surface area contributed by atoms with Gasteiger partial charge in [0.25, 0.3) is 0 Å². The number of nitrogens with zero attached hydrogens (tertiary/aromatic N) is 2. The Morgan fingerprint density at radius 3 is 2.38 bits per heavy atom. The Hall–Kier alpha value is -1.84. The maximum Gasteiger partial charge on any atom is 0.227 e. The van der Waals surface area contributed by atoms with Crippen LogP contribution in [-0.4, -0.2) is 47.8 Å². The zero-order valence-corrected chi connectivity index (χ0v) is 14.7. The summed E-state index contributed by atoms with van der Waals surface area (Å²) in [6.45, 7) is 4.97. The predicted molar refractivity (Wildman–Crippen MR) is 94.6 cm³/mol. The molecule has 1 saturated carbocycles. The van der Waals surface area contributed by atoms with Crippen LogP contribution in [0.1, 0.15) is 43.2 Å². The molecule has 4 nitrogen and oxygen atoms in total. The van der Waals surface area contributed by atoms with Crippen molar-refractivity contribution in [1.29, 1.82) is 0 Å². The SMILES string of the molecule is Cc1ccccc1CC(=O)N1CCCN(C(=O)C2CCCC2)CC1. The smallest absolute Gasteiger partial charge is 0.227 e. The number of benzene rings is 1. The standard InChI is InChI=1S/C20H28N2O2/c1-16-7-2-3-10-18(16)15-19(23)21-11-6-12-22(14-13-21)20(24)17-8-4-5-9-17/h2-3,7,10,17H,4-6,8-9,11-15H2,1H3. The molecule has 1 aromatic rings. The molecule has 1 heterocycles. The van der Waals surface area contributed by atoms with Crippen LogP contribution in [-0.2, 0) is 16.0 Å². The van der Waals surface area contributed by atoms with E-state index in [1.54, 1.807) is 0 Å². The van der Waals surface area contributed by atoms with E-state index < -0.39 is 0 Å². The normalized spacial score (nSPS) is 19.4. The molecule has 1 aromatic carbocycles. The van der Waals surface area contributed by atoms with Crippen LogP contribution in [0.25, 0.3) is 0 Å². The summed E-state index contributed by atoms with van der Waals surface area (Å²) >= 11 is 0. The van der Waals surface area contributed by atoms with E-state index in [-0.39, 0.29) is 11.8 Å². The van der Waals surface area contributed by atoms with Gasteiger partial charge in [0.05, 0.1) is 6.42 Å². The number of aryl methyl sites for hydroxylation is 1. The molecule has 0 radical (unpaired) electrons. The Balaban J connectivity index is 1.56. The van der Waals surface area contributed by atoms with Crippen LogP contribution in [0.3, 0.4) is 0 Å². The summed E-state index contributed by atoms with van der Waals surface area (Å²) in [5.41, 5.74) is 2.27. The number of rotatable bonds is 3. The zero-order valence-electron chi connectivity index (χ0n) is 14.7. The third-order valence-corrected chi connectivity index (χ3v) is 5.47. The minimum Gasteiger partial charge on any atom is -0.341 e. The Morgan fingerprint density at radius 1 is 0.958 bits per heavy atom. The van der Waals surface area contributed by atoms with Gasteiger partial charge in [0.15, 0.2) is 0 Å². The van der Waals surface area contributed by atoms with Gasteiger partial charge in [0.1, 0.15) is 0 Å². The van der Waals surface area contributed by atoms with E-state index in [2.05, 4.69) is 0 Å². The minimum absolute atomic E-state index is 0.180. The van der Waals surface area contributed by atoms with Crippen LogP contribution >= 0.6 is 0 Å². The summed E-state index contributed by atoms with van der Waals surface area (Å²) in [4.78, 5) is 29.2. The van der Waals surface area contributed by atoms with Gasteiger partial charge in [-0.05, 0) is 37.3 Å². The number of carbonyl (C=O) groups excluding carboxylic acids is 2. The Bertz CT molecular complexity index is 593. The summed E-state index contributed by atoms with van der Waals surface area (Å²) < 4.78 is 0. The van der Waals surface area contributed by atoms with Gasteiger partial charge in [-0.3, -0.25) is 9.59 Å². The van der Waals surface area contributed by atoms with Gasteiger partial charge in [-0.15, -0.1) is 0 Å². The molecule has 1 saturated heterocycles. The van der Waals surface area contributed by atoms with Crippen LogP contribution in [0.15, 0.2) is 24.3 Å². The van der Waals surface area contributed by atoms with Crippen molar-refractivity contribution < 1.29 is 9.59 Å². The van der Waals surface area contributed by atoms with Crippen LogP contribution in [0.4, 0.5) is 0 Å². The van der Waals surface area contributed by atoms with Crippen molar-refractivity contribution in [2.24, 2.45) is 5.92 Å². The lowest BCUT2D eigenvalue weighted by Crippen LogP contribution is -2.39. The summed E-state index contributed by atoms with van der Waals surface area (Å²) in [5.74, 6) is 0.736. The first-order valence-corrected chi connectivity index (χ1v) is 9.26. The number of amides is 2. The molecular weight excluding hydrogens is 300 g/mol. The second-order valence-corrected chi connectivity index (χ2v) is 7.14. The molecule has 2 amide bonds. The van der Waals surface area contributed by atoms with Gasteiger partial charge in [0, 0.05) is 32.1 Å². The molecule has 2 aliphatic rings. The highest BCUT2D eigenvalue weighted by atomic mass is 16.2. The Kier molecular flexibility index (Phi) is 5.54. The first-order valence-electron chi connectivity index (χ1n) is 9.26. The highest BCUT2D eigenvalue weighted by Gasteiger charge is 2.29. The van der Waals surface area contributed by atoms with Crippen molar-refractivity contribution in [3.8, 4) is 0 Å². The molecule has 2 fully saturated rings. The number of hydrogen-bond donors (Lipinski definition) is 0. The maximum absolute atomic E-state index is 12.6. The Morgan fingerprint density at radius 2 is 1.62 bits per heavy atom.